The normalized spacial score (nSPS) is 15.4. The first-order valence-corrected chi connectivity index (χ1v) is 8.84. The van der Waals surface area contributed by atoms with Crippen molar-refractivity contribution in [3.63, 3.8) is 0 Å². The first-order chi connectivity index (χ1) is 12.0. The van der Waals surface area contributed by atoms with Crippen LogP contribution in [0.5, 0.6) is 0 Å². The van der Waals surface area contributed by atoms with E-state index in [0.29, 0.717) is 11.5 Å². The molecule has 1 aromatic carbocycles. The molecule has 0 aliphatic carbocycles. The molecule has 1 saturated heterocycles. The highest BCUT2D eigenvalue weighted by atomic mass is 16.1. The van der Waals surface area contributed by atoms with Crippen LogP contribution in [0, 0.1) is 0 Å². The molecule has 1 aliphatic rings. The third kappa shape index (κ3) is 4.17. The van der Waals surface area contributed by atoms with Crippen LogP contribution in [0.15, 0.2) is 42.6 Å². The van der Waals surface area contributed by atoms with E-state index in [0.717, 1.165) is 37.7 Å². The molecule has 132 valence electrons. The maximum atomic E-state index is 12.8. The minimum Gasteiger partial charge on any atom is -0.353 e. The third-order valence-electron chi connectivity index (χ3n) is 4.67. The number of carbonyl (C=O) groups excluding carboxylic acids is 1. The molecular formula is C20H26N4O. The molecular weight excluding hydrogens is 312 g/mol. The molecule has 25 heavy (non-hydrogen) atoms. The topological polar surface area (TPSA) is 48.5 Å². The van der Waals surface area contributed by atoms with Crippen LogP contribution in [-0.2, 0) is 0 Å². The molecule has 0 spiro atoms. The lowest BCUT2D eigenvalue weighted by molar-refractivity contribution is 0.102. The molecule has 1 amide bonds. The number of rotatable bonds is 4. The number of benzene rings is 1. The lowest BCUT2D eigenvalue weighted by Crippen LogP contribution is -2.45. The molecule has 1 fully saturated rings. The molecule has 2 heterocycles. The Bertz CT molecular complexity index is 719. The van der Waals surface area contributed by atoms with Gasteiger partial charge < -0.3 is 15.1 Å². The van der Waals surface area contributed by atoms with E-state index in [2.05, 4.69) is 53.1 Å². The Hall–Kier alpha value is -2.40. The summed E-state index contributed by atoms with van der Waals surface area (Å²) in [7, 11) is 2.12. The standard InChI is InChI=1S/C20H26N4O/c1-15(2)16-6-8-17(9-7-16)22-20(25)18-5-4-10-21-19(18)24-13-11-23(3)12-14-24/h4-10,15H,11-14H2,1-3H3,(H,22,25). The Morgan fingerprint density at radius 2 is 1.76 bits per heavy atom. The number of likely N-dealkylation sites (N-methyl/N-ethyl adjacent to an activating group) is 1. The smallest absolute Gasteiger partial charge is 0.259 e. The maximum Gasteiger partial charge on any atom is 0.259 e. The molecule has 5 nitrogen and oxygen atoms in total. The van der Waals surface area contributed by atoms with Gasteiger partial charge in [-0.2, -0.15) is 0 Å². The van der Waals surface area contributed by atoms with E-state index in [9.17, 15) is 4.79 Å². The van der Waals surface area contributed by atoms with Crippen LogP contribution in [0.2, 0.25) is 0 Å². The number of pyridine rings is 1. The molecule has 2 aromatic rings. The van der Waals surface area contributed by atoms with Crippen molar-refractivity contribution in [2.24, 2.45) is 0 Å². The highest BCUT2D eigenvalue weighted by Crippen LogP contribution is 2.21. The molecule has 0 unspecified atom stereocenters. The van der Waals surface area contributed by atoms with E-state index in [4.69, 9.17) is 0 Å². The number of anilines is 2. The van der Waals surface area contributed by atoms with Gasteiger partial charge in [-0.1, -0.05) is 26.0 Å². The Morgan fingerprint density at radius 3 is 2.40 bits per heavy atom. The molecule has 5 heteroatoms. The summed E-state index contributed by atoms with van der Waals surface area (Å²) < 4.78 is 0. The van der Waals surface area contributed by atoms with E-state index in [1.54, 1.807) is 6.20 Å². The molecule has 1 N–H and O–H groups in total. The lowest BCUT2D eigenvalue weighted by atomic mass is 10.0. The Labute approximate surface area is 149 Å². The van der Waals surface area contributed by atoms with E-state index in [1.807, 2.05) is 24.3 Å². The molecule has 0 atom stereocenters. The van der Waals surface area contributed by atoms with Gasteiger partial charge in [-0.3, -0.25) is 4.79 Å². The molecule has 0 saturated carbocycles. The minimum absolute atomic E-state index is 0.112. The zero-order valence-corrected chi connectivity index (χ0v) is 15.2. The zero-order chi connectivity index (χ0) is 17.8. The molecule has 0 bridgehead atoms. The van der Waals surface area contributed by atoms with E-state index in [-0.39, 0.29) is 5.91 Å². The van der Waals surface area contributed by atoms with Gasteiger partial charge in [0.05, 0.1) is 5.56 Å². The van der Waals surface area contributed by atoms with Gasteiger partial charge in [0.25, 0.3) is 5.91 Å². The van der Waals surface area contributed by atoms with Gasteiger partial charge in [0.2, 0.25) is 0 Å². The van der Waals surface area contributed by atoms with Crippen molar-refractivity contribution in [2.45, 2.75) is 19.8 Å². The molecule has 1 aromatic heterocycles. The molecule has 3 rings (SSSR count). The number of amides is 1. The van der Waals surface area contributed by atoms with Gasteiger partial charge in [-0.05, 0) is 42.8 Å². The summed E-state index contributed by atoms with van der Waals surface area (Å²) in [5.41, 5.74) is 2.69. The van der Waals surface area contributed by atoms with E-state index >= 15 is 0 Å². The van der Waals surface area contributed by atoms with Gasteiger partial charge in [-0.15, -0.1) is 0 Å². The van der Waals surface area contributed by atoms with Crippen LogP contribution in [0.4, 0.5) is 11.5 Å². The zero-order valence-electron chi connectivity index (χ0n) is 15.2. The Balaban J connectivity index is 1.76. The van der Waals surface area contributed by atoms with Crippen molar-refractivity contribution in [3.05, 3.63) is 53.7 Å². The second-order valence-electron chi connectivity index (χ2n) is 6.90. The Kier molecular flexibility index (Phi) is 5.34. The van der Waals surface area contributed by atoms with Crippen molar-refractivity contribution in [2.75, 3.05) is 43.4 Å². The Morgan fingerprint density at radius 1 is 1.08 bits per heavy atom. The van der Waals surface area contributed by atoms with Crippen LogP contribution in [0.3, 0.4) is 0 Å². The summed E-state index contributed by atoms with van der Waals surface area (Å²) in [5.74, 6) is 1.14. The fourth-order valence-electron chi connectivity index (χ4n) is 2.99. The van der Waals surface area contributed by atoms with Crippen LogP contribution < -0.4 is 10.2 Å². The summed E-state index contributed by atoms with van der Waals surface area (Å²) in [6, 6.07) is 11.7. The fourth-order valence-corrected chi connectivity index (χ4v) is 2.99. The average Bonchev–Trinajstić information content (AvgIpc) is 2.63. The summed E-state index contributed by atoms with van der Waals surface area (Å²) in [6.45, 7) is 8.05. The number of aromatic nitrogens is 1. The highest BCUT2D eigenvalue weighted by molar-refractivity contribution is 6.07. The second-order valence-corrected chi connectivity index (χ2v) is 6.90. The highest BCUT2D eigenvalue weighted by Gasteiger charge is 2.21. The number of hydrogen-bond donors (Lipinski definition) is 1. The maximum absolute atomic E-state index is 12.8. The molecule has 1 aliphatic heterocycles. The van der Waals surface area contributed by atoms with Gasteiger partial charge in [0.1, 0.15) is 5.82 Å². The second kappa shape index (κ2) is 7.66. The number of nitrogens with zero attached hydrogens (tertiary/aromatic N) is 3. The van der Waals surface area contributed by atoms with Crippen molar-refractivity contribution in [1.29, 1.82) is 0 Å². The van der Waals surface area contributed by atoms with Crippen molar-refractivity contribution in [3.8, 4) is 0 Å². The SMILES string of the molecule is CC(C)c1ccc(NC(=O)c2cccnc2N2CCN(C)CC2)cc1. The van der Waals surface area contributed by atoms with Gasteiger partial charge >= 0.3 is 0 Å². The van der Waals surface area contributed by atoms with E-state index in [1.165, 1.54) is 5.56 Å². The lowest BCUT2D eigenvalue weighted by Gasteiger charge is -2.34. The summed E-state index contributed by atoms with van der Waals surface area (Å²) in [6.07, 6.45) is 1.75. The van der Waals surface area contributed by atoms with Gasteiger partial charge in [0.15, 0.2) is 0 Å². The van der Waals surface area contributed by atoms with Crippen molar-refractivity contribution >= 4 is 17.4 Å². The summed E-state index contributed by atoms with van der Waals surface area (Å²) >= 11 is 0. The van der Waals surface area contributed by atoms with E-state index < -0.39 is 0 Å². The van der Waals surface area contributed by atoms with Crippen LogP contribution >= 0.6 is 0 Å². The summed E-state index contributed by atoms with van der Waals surface area (Å²) in [5, 5.41) is 3.00. The number of nitrogens with one attached hydrogen (secondary N) is 1. The minimum atomic E-state index is -0.112. The summed E-state index contributed by atoms with van der Waals surface area (Å²) in [4.78, 5) is 21.7. The number of hydrogen-bond acceptors (Lipinski definition) is 4. The van der Waals surface area contributed by atoms with Gasteiger partial charge in [0, 0.05) is 38.1 Å². The van der Waals surface area contributed by atoms with Crippen LogP contribution in [0.1, 0.15) is 35.7 Å². The van der Waals surface area contributed by atoms with Gasteiger partial charge in [-0.25, -0.2) is 4.98 Å². The fraction of sp³-hybridized carbons (Fsp3) is 0.400. The predicted octanol–water partition coefficient (Wildman–Crippen LogP) is 3.21. The third-order valence-corrected chi connectivity index (χ3v) is 4.67. The van der Waals surface area contributed by atoms with Crippen LogP contribution in [-0.4, -0.2) is 49.0 Å². The average molecular weight is 338 g/mol. The van der Waals surface area contributed by atoms with Crippen molar-refractivity contribution < 1.29 is 4.79 Å². The predicted molar refractivity (Wildman–Crippen MR) is 102 cm³/mol. The van der Waals surface area contributed by atoms with Crippen LogP contribution in [0.25, 0.3) is 0 Å². The quantitative estimate of drug-likeness (QED) is 0.930. The van der Waals surface area contributed by atoms with Crippen molar-refractivity contribution in [1.82, 2.24) is 9.88 Å². The monoisotopic (exact) mass is 338 g/mol. The number of carbonyl (C=O) groups is 1. The first kappa shape index (κ1) is 17.4. The first-order valence-electron chi connectivity index (χ1n) is 8.84. The largest absolute Gasteiger partial charge is 0.353 e. The number of piperazine rings is 1. The molecule has 0 radical (unpaired) electrons.